The number of hydrogen-bond donors (Lipinski definition) is 3. The Morgan fingerprint density at radius 3 is 2.03 bits per heavy atom. The van der Waals surface area contributed by atoms with Crippen LogP contribution in [0.2, 0.25) is 0 Å². The summed E-state index contributed by atoms with van der Waals surface area (Å²) in [6.45, 7) is 1.58. The topological polar surface area (TPSA) is 105 Å². The molecule has 7 nitrogen and oxygen atoms in total. The zero-order valence-corrected chi connectivity index (χ0v) is 18.7. The molecule has 0 saturated heterocycles. The molecule has 7 heteroatoms. The highest BCUT2D eigenvalue weighted by molar-refractivity contribution is 5.86. The molecule has 3 aromatic carbocycles. The lowest BCUT2D eigenvalue weighted by molar-refractivity contribution is -0.138. The largest absolute Gasteiger partial charge is 0.481 e. The molecule has 0 radical (unpaired) electrons. The number of alkyl carbamates (subject to hydrolysis) is 1. The highest BCUT2D eigenvalue weighted by Gasteiger charge is 2.29. The highest BCUT2D eigenvalue weighted by Crippen LogP contribution is 2.44. The predicted octanol–water partition coefficient (Wildman–Crippen LogP) is 3.90. The Hall–Kier alpha value is -4.13. The van der Waals surface area contributed by atoms with Crippen LogP contribution < -0.4 is 10.6 Å². The van der Waals surface area contributed by atoms with Crippen LogP contribution in [-0.2, 0) is 14.3 Å². The minimum Gasteiger partial charge on any atom is -0.481 e. The lowest BCUT2D eigenvalue weighted by Crippen LogP contribution is -2.46. The molecule has 1 aliphatic rings. The summed E-state index contributed by atoms with van der Waals surface area (Å²) in [4.78, 5) is 36.5. The first kappa shape index (κ1) is 23.0. The number of ether oxygens (including phenoxy) is 1. The molecular formula is C27H26N2O5. The molecule has 0 spiro atoms. The van der Waals surface area contributed by atoms with Gasteiger partial charge in [0.25, 0.3) is 0 Å². The maximum atomic E-state index is 12.5. The van der Waals surface area contributed by atoms with Gasteiger partial charge in [-0.25, -0.2) is 4.79 Å². The number of carboxylic acids is 1. The van der Waals surface area contributed by atoms with Gasteiger partial charge in [-0.3, -0.25) is 9.59 Å². The van der Waals surface area contributed by atoms with Crippen molar-refractivity contribution in [2.45, 2.75) is 24.8 Å². The number of hydrogen-bond acceptors (Lipinski definition) is 4. The van der Waals surface area contributed by atoms with Crippen LogP contribution in [0.25, 0.3) is 11.1 Å². The molecule has 0 aliphatic heterocycles. The molecule has 0 bridgehead atoms. The van der Waals surface area contributed by atoms with E-state index in [1.165, 1.54) is 6.92 Å². The molecule has 1 unspecified atom stereocenters. The van der Waals surface area contributed by atoms with Gasteiger partial charge in [-0.15, -0.1) is 0 Å². The maximum absolute atomic E-state index is 12.5. The third-order valence-electron chi connectivity index (χ3n) is 6.05. The molecule has 1 aliphatic carbocycles. The fourth-order valence-electron chi connectivity index (χ4n) is 4.27. The molecule has 0 aromatic heterocycles. The average Bonchev–Trinajstić information content (AvgIpc) is 3.17. The maximum Gasteiger partial charge on any atom is 0.407 e. The van der Waals surface area contributed by atoms with Crippen molar-refractivity contribution in [3.63, 3.8) is 0 Å². The molecule has 0 heterocycles. The van der Waals surface area contributed by atoms with Crippen molar-refractivity contribution in [3.05, 3.63) is 95.6 Å². The number of nitrogens with one attached hydrogen (secondary N) is 2. The predicted molar refractivity (Wildman–Crippen MR) is 127 cm³/mol. The Morgan fingerprint density at radius 2 is 1.44 bits per heavy atom. The first-order valence-electron chi connectivity index (χ1n) is 11.1. The third-order valence-corrected chi connectivity index (χ3v) is 6.05. The van der Waals surface area contributed by atoms with Gasteiger partial charge in [-0.05, 0) is 34.7 Å². The van der Waals surface area contributed by atoms with Crippen LogP contribution in [0.4, 0.5) is 4.79 Å². The average molecular weight is 459 g/mol. The highest BCUT2D eigenvalue weighted by atomic mass is 16.5. The van der Waals surface area contributed by atoms with Crippen molar-refractivity contribution in [3.8, 4) is 11.1 Å². The normalized spacial score (nSPS) is 13.8. The van der Waals surface area contributed by atoms with Gasteiger partial charge < -0.3 is 20.5 Å². The van der Waals surface area contributed by atoms with Crippen LogP contribution in [0.1, 0.15) is 35.4 Å². The molecule has 3 aromatic rings. The summed E-state index contributed by atoms with van der Waals surface area (Å²) in [7, 11) is 0. The second-order valence-electron chi connectivity index (χ2n) is 8.24. The van der Waals surface area contributed by atoms with Gasteiger partial charge in [0.05, 0.1) is 5.92 Å². The van der Waals surface area contributed by atoms with Crippen LogP contribution in [0.15, 0.2) is 78.9 Å². The molecule has 174 valence electrons. The molecule has 3 N–H and O–H groups in total. The monoisotopic (exact) mass is 458 g/mol. The van der Waals surface area contributed by atoms with E-state index in [2.05, 4.69) is 22.8 Å². The molecule has 0 saturated carbocycles. The van der Waals surface area contributed by atoms with E-state index in [1.54, 1.807) is 30.3 Å². The molecule has 34 heavy (non-hydrogen) atoms. The quantitative estimate of drug-likeness (QED) is 0.475. The number of amides is 2. The van der Waals surface area contributed by atoms with Gasteiger partial charge >= 0.3 is 12.1 Å². The first-order valence-corrected chi connectivity index (χ1v) is 11.1. The van der Waals surface area contributed by atoms with Gasteiger partial charge in [-0.1, -0.05) is 78.9 Å². The number of carboxylic acid groups (broad SMARTS) is 1. The Labute approximate surface area is 197 Å². The van der Waals surface area contributed by atoms with Crippen molar-refractivity contribution in [2.75, 3.05) is 13.2 Å². The number of fused-ring (bicyclic) bond motifs is 3. The summed E-state index contributed by atoms with van der Waals surface area (Å²) in [6.07, 6.45) is -0.706. The van der Waals surface area contributed by atoms with Crippen LogP contribution in [0.3, 0.4) is 0 Å². The van der Waals surface area contributed by atoms with Gasteiger partial charge in [-0.2, -0.15) is 0 Å². The second-order valence-corrected chi connectivity index (χ2v) is 8.24. The van der Waals surface area contributed by atoms with Crippen molar-refractivity contribution in [1.29, 1.82) is 0 Å². The van der Waals surface area contributed by atoms with Crippen molar-refractivity contribution in [1.82, 2.24) is 10.6 Å². The standard InChI is InChI=1S/C27H26N2O5/c1-17(25(30)28-15-23(26(31)32)18-9-3-2-4-10-18)29-27(33)34-16-24-21-13-7-5-11-19(21)20-12-6-8-14-22(20)24/h2-14,17,23-24H,15-16H2,1H3,(H,28,30)(H,29,33)(H,31,32)/t17-,23?/m0/s1. The van der Waals surface area contributed by atoms with Crippen molar-refractivity contribution >= 4 is 18.0 Å². The zero-order chi connectivity index (χ0) is 24.1. The summed E-state index contributed by atoms with van der Waals surface area (Å²) in [5.74, 6) is -2.49. The van der Waals surface area contributed by atoms with E-state index in [1.807, 2.05) is 36.4 Å². The van der Waals surface area contributed by atoms with E-state index >= 15 is 0 Å². The lowest BCUT2D eigenvalue weighted by atomic mass is 9.98. The number of carbonyl (C=O) groups is 3. The van der Waals surface area contributed by atoms with Crippen LogP contribution in [-0.4, -0.2) is 42.3 Å². The van der Waals surface area contributed by atoms with E-state index in [9.17, 15) is 19.5 Å². The molecule has 2 atom stereocenters. The lowest BCUT2D eigenvalue weighted by Gasteiger charge is -2.18. The second kappa shape index (κ2) is 10.2. The fraction of sp³-hybridized carbons (Fsp3) is 0.222. The molecule has 0 fully saturated rings. The molecule has 4 rings (SSSR count). The summed E-state index contributed by atoms with van der Waals surface area (Å²) in [5, 5.41) is 14.6. The first-order chi connectivity index (χ1) is 16.5. The summed E-state index contributed by atoms with van der Waals surface area (Å²) in [6, 6.07) is 23.9. The summed E-state index contributed by atoms with van der Waals surface area (Å²) < 4.78 is 5.47. The van der Waals surface area contributed by atoms with E-state index < -0.39 is 29.9 Å². The minimum absolute atomic E-state index is 0.0792. The van der Waals surface area contributed by atoms with Crippen molar-refractivity contribution in [2.24, 2.45) is 0 Å². The number of carbonyl (C=O) groups excluding carboxylic acids is 2. The Kier molecular flexibility index (Phi) is 6.92. The van der Waals surface area contributed by atoms with Crippen LogP contribution in [0.5, 0.6) is 0 Å². The smallest absolute Gasteiger partial charge is 0.407 e. The third kappa shape index (κ3) is 4.93. The minimum atomic E-state index is -1.04. The van der Waals surface area contributed by atoms with E-state index in [4.69, 9.17) is 4.74 Å². The summed E-state index contributed by atoms with van der Waals surface area (Å²) >= 11 is 0. The number of benzene rings is 3. The van der Waals surface area contributed by atoms with Crippen LogP contribution in [0, 0.1) is 0 Å². The van der Waals surface area contributed by atoms with E-state index in [0.29, 0.717) is 5.56 Å². The van der Waals surface area contributed by atoms with Gasteiger partial charge in [0.1, 0.15) is 12.6 Å². The Bertz CT molecular complexity index is 1150. The van der Waals surface area contributed by atoms with E-state index in [0.717, 1.165) is 22.3 Å². The SMILES string of the molecule is C[C@H](NC(=O)OCC1c2ccccc2-c2ccccc21)C(=O)NCC(C(=O)O)c1ccccc1. The zero-order valence-electron chi connectivity index (χ0n) is 18.7. The van der Waals surface area contributed by atoms with Crippen LogP contribution >= 0.6 is 0 Å². The molecular weight excluding hydrogens is 432 g/mol. The van der Waals surface area contributed by atoms with Crippen molar-refractivity contribution < 1.29 is 24.2 Å². The van der Waals surface area contributed by atoms with Gasteiger partial charge in [0.15, 0.2) is 0 Å². The van der Waals surface area contributed by atoms with Gasteiger partial charge in [0.2, 0.25) is 5.91 Å². The molecule has 2 amide bonds. The Balaban J connectivity index is 1.31. The number of rotatable bonds is 8. The summed E-state index contributed by atoms with van der Waals surface area (Å²) in [5.41, 5.74) is 5.05. The van der Waals surface area contributed by atoms with Gasteiger partial charge in [0, 0.05) is 12.5 Å². The Morgan fingerprint density at radius 1 is 0.882 bits per heavy atom. The fourth-order valence-corrected chi connectivity index (χ4v) is 4.27. The number of aliphatic carboxylic acids is 1. The van der Waals surface area contributed by atoms with E-state index in [-0.39, 0.29) is 19.1 Å².